The normalized spacial score (nSPS) is 17.5. The van der Waals surface area contributed by atoms with Crippen LogP contribution in [-0.2, 0) is 14.3 Å². The van der Waals surface area contributed by atoms with Gasteiger partial charge in [-0.3, -0.25) is 4.79 Å². The van der Waals surface area contributed by atoms with Gasteiger partial charge < -0.3 is 20.5 Å². The van der Waals surface area contributed by atoms with Crippen LogP contribution in [0.5, 0.6) is 0 Å². The van der Waals surface area contributed by atoms with Crippen LogP contribution < -0.4 is 11.1 Å². The summed E-state index contributed by atoms with van der Waals surface area (Å²) in [5.41, 5.74) is 7.27. The van der Waals surface area contributed by atoms with E-state index in [2.05, 4.69) is 5.32 Å². The fourth-order valence-electron chi connectivity index (χ4n) is 2.15. The van der Waals surface area contributed by atoms with Crippen LogP contribution in [0.3, 0.4) is 0 Å². The standard InChI is InChI=1S/C15H20N2O4/c1-10-4-2-6-12(14(10)16)15(19)21-9-13(18)17-8-11-5-3-7-20-11/h2,4,6,11H,3,5,7-9,16H2,1H3,(H,17,18). The number of amides is 1. The van der Waals surface area contributed by atoms with E-state index < -0.39 is 5.97 Å². The average molecular weight is 292 g/mol. The molecule has 0 spiro atoms. The van der Waals surface area contributed by atoms with Crippen LogP contribution in [0.4, 0.5) is 5.69 Å². The lowest BCUT2D eigenvalue weighted by Crippen LogP contribution is -2.34. The lowest BCUT2D eigenvalue weighted by molar-refractivity contribution is -0.124. The number of ether oxygens (including phenoxy) is 2. The number of nitrogens with one attached hydrogen (secondary N) is 1. The second-order valence-corrected chi connectivity index (χ2v) is 5.05. The molecule has 1 aliphatic heterocycles. The molecule has 0 aromatic heterocycles. The van der Waals surface area contributed by atoms with Crippen LogP contribution in [0.2, 0.25) is 0 Å². The minimum absolute atomic E-state index is 0.0667. The van der Waals surface area contributed by atoms with E-state index >= 15 is 0 Å². The topological polar surface area (TPSA) is 90.7 Å². The largest absolute Gasteiger partial charge is 0.452 e. The van der Waals surface area contributed by atoms with E-state index in [-0.39, 0.29) is 24.2 Å². The average Bonchev–Trinajstić information content (AvgIpc) is 2.99. The number of hydrogen-bond donors (Lipinski definition) is 2. The van der Waals surface area contributed by atoms with E-state index in [0.29, 0.717) is 12.2 Å². The summed E-state index contributed by atoms with van der Waals surface area (Å²) in [6.45, 7) is 2.67. The summed E-state index contributed by atoms with van der Waals surface area (Å²) in [6, 6.07) is 5.11. The summed E-state index contributed by atoms with van der Waals surface area (Å²) < 4.78 is 10.4. The maximum Gasteiger partial charge on any atom is 0.340 e. The third kappa shape index (κ3) is 4.19. The van der Waals surface area contributed by atoms with E-state index in [0.717, 1.165) is 25.0 Å². The van der Waals surface area contributed by atoms with Gasteiger partial charge in [-0.25, -0.2) is 4.79 Å². The smallest absolute Gasteiger partial charge is 0.340 e. The first-order valence-corrected chi connectivity index (χ1v) is 6.98. The molecule has 1 aromatic rings. The highest BCUT2D eigenvalue weighted by Gasteiger charge is 2.17. The third-order valence-corrected chi connectivity index (χ3v) is 3.43. The van der Waals surface area contributed by atoms with E-state index in [1.54, 1.807) is 25.1 Å². The van der Waals surface area contributed by atoms with E-state index in [1.165, 1.54) is 0 Å². The Balaban J connectivity index is 1.77. The highest BCUT2D eigenvalue weighted by molar-refractivity contribution is 5.96. The van der Waals surface area contributed by atoms with Crippen LogP contribution in [0.1, 0.15) is 28.8 Å². The van der Waals surface area contributed by atoms with E-state index in [4.69, 9.17) is 15.2 Å². The second-order valence-electron chi connectivity index (χ2n) is 5.05. The molecule has 6 heteroatoms. The van der Waals surface area contributed by atoms with Gasteiger partial charge in [0.2, 0.25) is 0 Å². The predicted octanol–water partition coefficient (Wildman–Crippen LogP) is 1.03. The number of carbonyl (C=O) groups is 2. The Bertz CT molecular complexity index is 524. The van der Waals surface area contributed by atoms with Crippen LogP contribution >= 0.6 is 0 Å². The Morgan fingerprint density at radius 2 is 2.29 bits per heavy atom. The molecule has 3 N–H and O–H groups in total. The number of para-hydroxylation sites is 1. The Hall–Kier alpha value is -2.08. The molecule has 0 radical (unpaired) electrons. The molecule has 6 nitrogen and oxygen atoms in total. The molecule has 1 aromatic carbocycles. The lowest BCUT2D eigenvalue weighted by Gasteiger charge is -2.11. The number of anilines is 1. The van der Waals surface area contributed by atoms with Crippen molar-refractivity contribution in [1.29, 1.82) is 0 Å². The van der Waals surface area contributed by atoms with Crippen molar-refractivity contribution >= 4 is 17.6 Å². The highest BCUT2D eigenvalue weighted by atomic mass is 16.5. The molecular formula is C15H20N2O4. The lowest BCUT2D eigenvalue weighted by atomic mass is 10.1. The van der Waals surface area contributed by atoms with Gasteiger partial charge in [-0.15, -0.1) is 0 Å². The first-order chi connectivity index (χ1) is 10.1. The molecule has 1 atom stereocenters. The maximum atomic E-state index is 11.9. The molecule has 114 valence electrons. The molecule has 2 rings (SSSR count). The van der Waals surface area contributed by atoms with Gasteiger partial charge in [0.1, 0.15) is 0 Å². The molecule has 1 heterocycles. The van der Waals surface area contributed by atoms with Crippen LogP contribution in [-0.4, -0.2) is 37.7 Å². The zero-order chi connectivity index (χ0) is 15.2. The summed E-state index contributed by atoms with van der Waals surface area (Å²) in [4.78, 5) is 23.5. The van der Waals surface area contributed by atoms with Crippen LogP contribution in [0.15, 0.2) is 18.2 Å². The summed E-state index contributed by atoms with van der Waals surface area (Å²) in [5.74, 6) is -0.937. The first-order valence-electron chi connectivity index (χ1n) is 6.98. The van der Waals surface area contributed by atoms with Gasteiger partial charge >= 0.3 is 5.97 Å². The minimum atomic E-state index is -0.594. The zero-order valence-corrected chi connectivity index (χ0v) is 12.1. The molecule has 1 fully saturated rings. The molecule has 0 saturated carbocycles. The number of benzene rings is 1. The zero-order valence-electron chi connectivity index (χ0n) is 12.1. The van der Waals surface area contributed by atoms with Crippen molar-refractivity contribution in [2.45, 2.75) is 25.9 Å². The third-order valence-electron chi connectivity index (χ3n) is 3.43. The molecule has 1 unspecified atom stereocenters. The second kappa shape index (κ2) is 7.08. The van der Waals surface area contributed by atoms with Crippen LogP contribution in [0.25, 0.3) is 0 Å². The molecule has 0 bridgehead atoms. The van der Waals surface area contributed by atoms with Gasteiger partial charge in [-0.1, -0.05) is 12.1 Å². The van der Waals surface area contributed by atoms with Gasteiger partial charge in [0, 0.05) is 18.8 Å². The Morgan fingerprint density at radius 3 is 3.00 bits per heavy atom. The number of rotatable bonds is 5. The highest BCUT2D eigenvalue weighted by Crippen LogP contribution is 2.17. The summed E-state index contributed by atoms with van der Waals surface area (Å²) >= 11 is 0. The molecule has 0 aliphatic carbocycles. The molecule has 21 heavy (non-hydrogen) atoms. The van der Waals surface area contributed by atoms with Crippen molar-refractivity contribution in [3.8, 4) is 0 Å². The van der Waals surface area contributed by atoms with Crippen molar-refractivity contribution in [3.63, 3.8) is 0 Å². The van der Waals surface area contributed by atoms with E-state index in [9.17, 15) is 9.59 Å². The molecule has 1 aliphatic rings. The van der Waals surface area contributed by atoms with Crippen molar-refractivity contribution in [2.75, 3.05) is 25.5 Å². The predicted molar refractivity (Wildman–Crippen MR) is 77.9 cm³/mol. The summed E-state index contributed by atoms with van der Waals surface area (Å²) in [6.07, 6.45) is 2.03. The van der Waals surface area contributed by atoms with Gasteiger partial charge in [0.25, 0.3) is 5.91 Å². The minimum Gasteiger partial charge on any atom is -0.452 e. The van der Waals surface area contributed by atoms with Crippen molar-refractivity contribution in [1.82, 2.24) is 5.32 Å². The summed E-state index contributed by atoms with van der Waals surface area (Å²) in [5, 5.41) is 2.69. The Kier molecular flexibility index (Phi) is 5.16. The molecule has 1 saturated heterocycles. The quantitative estimate of drug-likeness (QED) is 0.625. The number of carbonyl (C=O) groups excluding carboxylic acids is 2. The van der Waals surface area contributed by atoms with Crippen molar-refractivity contribution in [2.24, 2.45) is 0 Å². The number of nitrogen functional groups attached to an aromatic ring is 1. The molecule has 1 amide bonds. The number of hydrogen-bond acceptors (Lipinski definition) is 5. The number of aryl methyl sites for hydroxylation is 1. The first kappa shape index (κ1) is 15.3. The SMILES string of the molecule is Cc1cccc(C(=O)OCC(=O)NCC2CCCO2)c1N. The fraction of sp³-hybridized carbons (Fsp3) is 0.467. The Morgan fingerprint density at radius 1 is 1.48 bits per heavy atom. The monoisotopic (exact) mass is 292 g/mol. The van der Waals surface area contributed by atoms with Gasteiger partial charge in [-0.2, -0.15) is 0 Å². The molecular weight excluding hydrogens is 272 g/mol. The van der Waals surface area contributed by atoms with E-state index in [1.807, 2.05) is 0 Å². The van der Waals surface area contributed by atoms with Gasteiger partial charge in [-0.05, 0) is 31.4 Å². The van der Waals surface area contributed by atoms with Gasteiger partial charge in [0.05, 0.1) is 11.7 Å². The Labute approximate surface area is 123 Å². The number of esters is 1. The summed E-state index contributed by atoms with van der Waals surface area (Å²) in [7, 11) is 0. The van der Waals surface area contributed by atoms with Crippen molar-refractivity contribution in [3.05, 3.63) is 29.3 Å². The fourth-order valence-corrected chi connectivity index (χ4v) is 2.15. The maximum absolute atomic E-state index is 11.9. The van der Waals surface area contributed by atoms with Crippen LogP contribution in [0, 0.1) is 6.92 Å². The van der Waals surface area contributed by atoms with Crippen molar-refractivity contribution < 1.29 is 19.1 Å². The van der Waals surface area contributed by atoms with Gasteiger partial charge in [0.15, 0.2) is 6.61 Å². The number of nitrogens with two attached hydrogens (primary N) is 1.